The van der Waals surface area contributed by atoms with Crippen LogP contribution in [0.1, 0.15) is 16.7 Å². The number of hydrogen-bond acceptors (Lipinski definition) is 3. The van der Waals surface area contributed by atoms with E-state index in [1.807, 2.05) is 53.2 Å². The molecule has 1 amide bonds. The highest BCUT2D eigenvalue weighted by molar-refractivity contribution is 7.08. The summed E-state index contributed by atoms with van der Waals surface area (Å²) in [5.41, 5.74) is 6.38. The van der Waals surface area contributed by atoms with Crippen molar-refractivity contribution >= 4 is 46.1 Å². The van der Waals surface area contributed by atoms with E-state index in [1.54, 1.807) is 16.2 Å². The molecule has 1 aliphatic carbocycles. The van der Waals surface area contributed by atoms with Gasteiger partial charge in [-0.3, -0.25) is 9.69 Å². The molecule has 27 heavy (non-hydrogen) atoms. The van der Waals surface area contributed by atoms with Crippen molar-refractivity contribution in [1.82, 2.24) is 0 Å². The van der Waals surface area contributed by atoms with Gasteiger partial charge in [0.25, 0.3) is 5.91 Å². The molecule has 1 aliphatic heterocycles. The van der Waals surface area contributed by atoms with Crippen LogP contribution in [0, 0.1) is 0 Å². The van der Waals surface area contributed by atoms with E-state index in [9.17, 15) is 4.79 Å². The molecule has 4 heteroatoms. The number of thiophene rings is 1. The molecule has 2 aliphatic rings. The lowest BCUT2D eigenvalue weighted by molar-refractivity contribution is -0.111. The number of carbonyl (C=O) groups is 1. The Bertz CT molecular complexity index is 1120. The van der Waals surface area contributed by atoms with Crippen molar-refractivity contribution in [3.8, 4) is 0 Å². The Hall–Kier alpha value is -3.24. The molecule has 0 bridgehead atoms. The second-order valence-corrected chi connectivity index (χ2v) is 7.25. The van der Waals surface area contributed by atoms with Crippen molar-refractivity contribution in [2.75, 3.05) is 4.90 Å². The molecule has 3 nitrogen and oxygen atoms in total. The van der Waals surface area contributed by atoms with Gasteiger partial charge in [0.05, 0.1) is 17.1 Å². The van der Waals surface area contributed by atoms with Crippen molar-refractivity contribution < 1.29 is 4.79 Å². The Morgan fingerprint density at radius 1 is 1.04 bits per heavy atom. The van der Waals surface area contributed by atoms with Crippen molar-refractivity contribution in [1.29, 1.82) is 0 Å². The molecule has 5 rings (SSSR count). The molecule has 130 valence electrons. The van der Waals surface area contributed by atoms with E-state index in [1.165, 1.54) is 11.1 Å². The Kier molecular flexibility index (Phi) is 3.84. The fourth-order valence-electron chi connectivity index (χ4n) is 3.51. The first kappa shape index (κ1) is 16.0. The number of hydrogen-bond donors (Lipinski definition) is 0. The molecule has 1 aromatic heterocycles. The standard InChI is InChI=1S/C23H16N2OS/c26-23-22(24-18-11-10-16-6-2-1-3-7-17(16)14-18)20-8-4-5-9-21(20)25(23)19-12-13-27-15-19/h1-6,8-15H,7H2. The molecule has 2 aromatic carbocycles. The molecular formula is C23H16N2OS. The van der Waals surface area contributed by atoms with Crippen molar-refractivity contribution in [3.63, 3.8) is 0 Å². The van der Waals surface area contributed by atoms with E-state index in [-0.39, 0.29) is 5.91 Å². The Balaban J connectivity index is 1.61. The van der Waals surface area contributed by atoms with Crippen LogP contribution < -0.4 is 4.90 Å². The van der Waals surface area contributed by atoms with Gasteiger partial charge in [0.1, 0.15) is 5.71 Å². The highest BCUT2D eigenvalue weighted by Crippen LogP contribution is 2.37. The lowest BCUT2D eigenvalue weighted by Crippen LogP contribution is -2.24. The summed E-state index contributed by atoms with van der Waals surface area (Å²) in [6.45, 7) is 0. The lowest BCUT2D eigenvalue weighted by atomic mass is 10.0. The third kappa shape index (κ3) is 2.75. The molecule has 0 radical (unpaired) electrons. The number of amides is 1. The van der Waals surface area contributed by atoms with Crippen molar-refractivity contribution in [2.24, 2.45) is 4.99 Å². The van der Waals surface area contributed by atoms with Crippen LogP contribution in [0.5, 0.6) is 0 Å². The molecule has 0 spiro atoms. The van der Waals surface area contributed by atoms with Crippen molar-refractivity contribution in [3.05, 3.63) is 94.2 Å². The van der Waals surface area contributed by atoms with Crippen LogP contribution in [0.15, 0.2) is 82.5 Å². The van der Waals surface area contributed by atoms with Crippen LogP contribution in [-0.2, 0) is 11.2 Å². The average molecular weight is 368 g/mol. The van der Waals surface area contributed by atoms with Crippen LogP contribution in [0.3, 0.4) is 0 Å². The molecular weight excluding hydrogens is 352 g/mol. The van der Waals surface area contributed by atoms with Gasteiger partial charge in [0.2, 0.25) is 0 Å². The van der Waals surface area contributed by atoms with E-state index in [0.29, 0.717) is 5.71 Å². The number of nitrogens with zero attached hydrogens (tertiary/aromatic N) is 2. The quantitative estimate of drug-likeness (QED) is 0.573. The zero-order valence-corrected chi connectivity index (χ0v) is 15.3. The number of allylic oxidation sites excluding steroid dienone is 3. The summed E-state index contributed by atoms with van der Waals surface area (Å²) in [6.07, 6.45) is 9.21. The smallest absolute Gasteiger partial charge is 0.274 e. The second-order valence-electron chi connectivity index (χ2n) is 6.47. The molecule has 0 unspecified atom stereocenters. The Morgan fingerprint density at radius 3 is 2.85 bits per heavy atom. The molecule has 0 atom stereocenters. The van der Waals surface area contributed by atoms with E-state index in [2.05, 4.69) is 30.4 Å². The zero-order chi connectivity index (χ0) is 18.2. The third-order valence-corrected chi connectivity index (χ3v) is 5.47. The van der Waals surface area contributed by atoms with E-state index in [4.69, 9.17) is 4.99 Å². The van der Waals surface area contributed by atoms with Crippen LogP contribution in [0.25, 0.3) is 6.08 Å². The topological polar surface area (TPSA) is 32.7 Å². The normalized spacial score (nSPS) is 16.5. The van der Waals surface area contributed by atoms with Crippen LogP contribution >= 0.6 is 11.3 Å². The SMILES string of the molecule is O=C1C(=Nc2ccc3c(c2)CC=CC=C3)c2ccccc2N1c1ccsc1. The predicted molar refractivity (Wildman–Crippen MR) is 112 cm³/mol. The van der Waals surface area contributed by atoms with Crippen LogP contribution in [-0.4, -0.2) is 11.6 Å². The van der Waals surface area contributed by atoms with Gasteiger partial charge in [0.15, 0.2) is 0 Å². The first-order valence-corrected chi connectivity index (χ1v) is 9.76. The minimum atomic E-state index is -0.0793. The maximum atomic E-state index is 13.2. The van der Waals surface area contributed by atoms with Crippen LogP contribution in [0.4, 0.5) is 17.1 Å². The number of benzene rings is 2. The van der Waals surface area contributed by atoms with E-state index >= 15 is 0 Å². The van der Waals surface area contributed by atoms with Gasteiger partial charge >= 0.3 is 0 Å². The van der Waals surface area contributed by atoms with Gasteiger partial charge < -0.3 is 0 Å². The third-order valence-electron chi connectivity index (χ3n) is 4.80. The summed E-state index contributed by atoms with van der Waals surface area (Å²) in [4.78, 5) is 19.7. The van der Waals surface area contributed by atoms with Gasteiger partial charge in [-0.05, 0) is 47.2 Å². The molecule has 0 N–H and O–H groups in total. The average Bonchev–Trinajstić information content (AvgIpc) is 3.22. The molecule has 2 heterocycles. The summed E-state index contributed by atoms with van der Waals surface area (Å²) in [6, 6.07) is 15.9. The van der Waals surface area contributed by atoms with Crippen LogP contribution in [0.2, 0.25) is 0 Å². The first-order chi connectivity index (χ1) is 13.3. The summed E-state index contributed by atoms with van der Waals surface area (Å²) < 4.78 is 0. The molecule has 0 saturated heterocycles. The fourth-order valence-corrected chi connectivity index (χ4v) is 4.13. The lowest BCUT2D eigenvalue weighted by Gasteiger charge is -2.14. The maximum absolute atomic E-state index is 13.2. The largest absolute Gasteiger partial charge is 0.282 e. The summed E-state index contributed by atoms with van der Waals surface area (Å²) in [5, 5.41) is 3.96. The Morgan fingerprint density at radius 2 is 1.96 bits per heavy atom. The number of fused-ring (bicyclic) bond motifs is 2. The molecule has 3 aromatic rings. The highest BCUT2D eigenvalue weighted by atomic mass is 32.1. The minimum Gasteiger partial charge on any atom is -0.274 e. The van der Waals surface area contributed by atoms with Gasteiger partial charge in [-0.15, -0.1) is 0 Å². The number of para-hydroxylation sites is 1. The predicted octanol–water partition coefficient (Wildman–Crippen LogP) is 5.67. The molecule has 0 fully saturated rings. The van der Waals surface area contributed by atoms with Crippen molar-refractivity contribution in [2.45, 2.75) is 6.42 Å². The molecule has 0 saturated carbocycles. The second kappa shape index (κ2) is 6.49. The Labute approximate surface area is 161 Å². The van der Waals surface area contributed by atoms with Gasteiger partial charge in [-0.25, -0.2) is 4.99 Å². The first-order valence-electron chi connectivity index (χ1n) is 8.82. The zero-order valence-electron chi connectivity index (χ0n) is 14.5. The maximum Gasteiger partial charge on any atom is 0.282 e. The summed E-state index contributed by atoms with van der Waals surface area (Å²) in [7, 11) is 0. The fraction of sp³-hybridized carbons (Fsp3) is 0.0435. The van der Waals surface area contributed by atoms with E-state index < -0.39 is 0 Å². The summed E-state index contributed by atoms with van der Waals surface area (Å²) in [5.74, 6) is -0.0793. The number of carbonyl (C=O) groups excluding carboxylic acids is 1. The minimum absolute atomic E-state index is 0.0793. The summed E-state index contributed by atoms with van der Waals surface area (Å²) >= 11 is 1.58. The van der Waals surface area contributed by atoms with Gasteiger partial charge in [-0.1, -0.05) is 48.6 Å². The van der Waals surface area contributed by atoms with E-state index in [0.717, 1.165) is 29.0 Å². The number of anilines is 2. The van der Waals surface area contributed by atoms with Gasteiger partial charge in [-0.2, -0.15) is 11.3 Å². The number of rotatable bonds is 2. The number of aliphatic imine (C=N–C) groups is 1. The highest BCUT2D eigenvalue weighted by Gasteiger charge is 2.34. The van der Waals surface area contributed by atoms with Gasteiger partial charge in [0, 0.05) is 10.9 Å². The monoisotopic (exact) mass is 368 g/mol.